The Kier molecular flexibility index (Phi) is 6.18. The molecule has 1 heterocycles. The summed E-state index contributed by atoms with van der Waals surface area (Å²) in [5.41, 5.74) is -0.730. The Bertz CT molecular complexity index is 590. The van der Waals surface area contributed by atoms with Gasteiger partial charge in [0.05, 0.1) is 25.5 Å². The van der Waals surface area contributed by atoms with Gasteiger partial charge in [0.25, 0.3) is 0 Å². The molecule has 1 aromatic rings. The topological polar surface area (TPSA) is 103 Å². The first-order valence-electron chi connectivity index (χ1n) is 7.15. The molecule has 0 bridgehead atoms. The fraction of sp³-hybridized carbons (Fsp3) is 0.533. The van der Waals surface area contributed by atoms with E-state index < -0.39 is 17.6 Å². The summed E-state index contributed by atoms with van der Waals surface area (Å²) >= 11 is 0. The number of aromatic nitrogens is 2. The van der Waals surface area contributed by atoms with E-state index in [1.165, 1.54) is 24.2 Å². The van der Waals surface area contributed by atoms with Crippen LogP contribution < -0.4 is 10.1 Å². The lowest BCUT2D eigenvalue weighted by Crippen LogP contribution is -2.41. The van der Waals surface area contributed by atoms with Crippen molar-refractivity contribution >= 4 is 18.3 Å². The summed E-state index contributed by atoms with van der Waals surface area (Å²) in [5.74, 6) is -0.729. The van der Waals surface area contributed by atoms with Gasteiger partial charge in [0.2, 0.25) is 5.88 Å². The highest BCUT2D eigenvalue weighted by Crippen LogP contribution is 2.20. The van der Waals surface area contributed by atoms with Crippen molar-refractivity contribution in [1.82, 2.24) is 15.1 Å². The molecular weight excluding hydrogens is 302 g/mol. The predicted molar refractivity (Wildman–Crippen MR) is 84.5 cm³/mol. The Labute approximate surface area is 135 Å². The number of ether oxygens (including phenoxy) is 2. The largest absolute Gasteiger partial charge is 0.477 e. The summed E-state index contributed by atoms with van der Waals surface area (Å²) in [6.45, 7) is 7.80. The molecule has 0 fully saturated rings. The second-order valence-corrected chi connectivity index (χ2v) is 5.97. The SMILES string of the molecule is COC(=O)NC(C)(C)/C=C/n1ncc(C(=O)O)c1OCC(C)C. The molecule has 1 amide bonds. The molecule has 0 aliphatic rings. The van der Waals surface area contributed by atoms with Crippen molar-refractivity contribution in [3.8, 4) is 5.88 Å². The molecule has 0 aliphatic carbocycles. The molecule has 0 aliphatic heterocycles. The van der Waals surface area contributed by atoms with Gasteiger partial charge < -0.3 is 19.9 Å². The zero-order valence-electron chi connectivity index (χ0n) is 14.0. The van der Waals surface area contributed by atoms with E-state index in [9.17, 15) is 14.7 Å². The third-order valence-corrected chi connectivity index (χ3v) is 2.78. The average molecular weight is 325 g/mol. The third kappa shape index (κ3) is 5.65. The molecule has 0 atom stereocenters. The highest BCUT2D eigenvalue weighted by atomic mass is 16.5. The lowest BCUT2D eigenvalue weighted by Gasteiger charge is -2.21. The van der Waals surface area contributed by atoms with Crippen LogP contribution in [-0.4, -0.2) is 46.2 Å². The van der Waals surface area contributed by atoms with E-state index in [2.05, 4.69) is 15.2 Å². The van der Waals surface area contributed by atoms with E-state index in [1.807, 2.05) is 13.8 Å². The number of amides is 1. The van der Waals surface area contributed by atoms with Crippen LogP contribution >= 0.6 is 0 Å². The van der Waals surface area contributed by atoms with E-state index in [-0.39, 0.29) is 17.4 Å². The zero-order chi connectivity index (χ0) is 17.6. The number of carboxylic acids is 1. The monoisotopic (exact) mass is 325 g/mol. The Morgan fingerprint density at radius 3 is 2.65 bits per heavy atom. The van der Waals surface area contributed by atoms with Crippen molar-refractivity contribution in [2.75, 3.05) is 13.7 Å². The molecule has 0 unspecified atom stereocenters. The molecule has 8 nitrogen and oxygen atoms in total. The molecule has 1 rings (SSSR count). The summed E-state index contributed by atoms with van der Waals surface area (Å²) in [4.78, 5) is 22.5. The van der Waals surface area contributed by atoms with E-state index in [1.54, 1.807) is 19.9 Å². The van der Waals surface area contributed by atoms with Crippen LogP contribution in [0.2, 0.25) is 0 Å². The van der Waals surface area contributed by atoms with Crippen molar-refractivity contribution in [3.63, 3.8) is 0 Å². The molecule has 0 radical (unpaired) electrons. The van der Waals surface area contributed by atoms with Crippen LogP contribution in [0.25, 0.3) is 6.20 Å². The van der Waals surface area contributed by atoms with Gasteiger partial charge in [0.1, 0.15) is 5.56 Å². The van der Waals surface area contributed by atoms with Crippen LogP contribution in [0.1, 0.15) is 38.1 Å². The molecule has 0 saturated heterocycles. The first kappa shape index (κ1) is 18.5. The maximum Gasteiger partial charge on any atom is 0.407 e. The minimum atomic E-state index is -1.12. The molecule has 0 saturated carbocycles. The van der Waals surface area contributed by atoms with Crippen molar-refractivity contribution in [2.45, 2.75) is 33.2 Å². The van der Waals surface area contributed by atoms with E-state index in [4.69, 9.17) is 4.74 Å². The number of carbonyl (C=O) groups excluding carboxylic acids is 1. The van der Waals surface area contributed by atoms with Crippen molar-refractivity contribution in [1.29, 1.82) is 0 Å². The number of hydrogen-bond acceptors (Lipinski definition) is 5. The quantitative estimate of drug-likeness (QED) is 0.797. The van der Waals surface area contributed by atoms with Crippen LogP contribution in [0, 0.1) is 5.92 Å². The second kappa shape index (κ2) is 7.66. The third-order valence-electron chi connectivity index (χ3n) is 2.78. The minimum Gasteiger partial charge on any atom is -0.477 e. The highest BCUT2D eigenvalue weighted by Gasteiger charge is 2.20. The number of alkyl carbamates (subject to hydrolysis) is 1. The Morgan fingerprint density at radius 2 is 2.13 bits per heavy atom. The second-order valence-electron chi connectivity index (χ2n) is 5.97. The molecule has 128 valence electrons. The minimum absolute atomic E-state index is 0.0194. The van der Waals surface area contributed by atoms with Crippen molar-refractivity contribution in [2.24, 2.45) is 5.92 Å². The highest BCUT2D eigenvalue weighted by molar-refractivity contribution is 5.90. The van der Waals surface area contributed by atoms with Gasteiger partial charge in [-0.1, -0.05) is 13.8 Å². The fourth-order valence-corrected chi connectivity index (χ4v) is 1.61. The smallest absolute Gasteiger partial charge is 0.407 e. The number of hydrogen-bond donors (Lipinski definition) is 2. The number of methoxy groups -OCH3 is 1. The van der Waals surface area contributed by atoms with E-state index >= 15 is 0 Å². The van der Waals surface area contributed by atoms with Crippen LogP contribution in [0.15, 0.2) is 12.3 Å². The van der Waals surface area contributed by atoms with Gasteiger partial charge >= 0.3 is 12.1 Å². The maximum absolute atomic E-state index is 11.3. The van der Waals surface area contributed by atoms with Crippen molar-refractivity contribution < 1.29 is 24.2 Å². The van der Waals surface area contributed by atoms with Crippen LogP contribution in [0.5, 0.6) is 5.88 Å². The Morgan fingerprint density at radius 1 is 1.48 bits per heavy atom. The van der Waals surface area contributed by atoms with E-state index in [0.29, 0.717) is 6.61 Å². The van der Waals surface area contributed by atoms with Gasteiger partial charge in [-0.15, -0.1) is 0 Å². The van der Waals surface area contributed by atoms with Gasteiger partial charge in [-0.3, -0.25) is 0 Å². The number of carbonyl (C=O) groups is 2. The molecular formula is C15H23N3O5. The van der Waals surface area contributed by atoms with Gasteiger partial charge in [0, 0.05) is 6.20 Å². The lowest BCUT2D eigenvalue weighted by atomic mass is 10.1. The molecule has 23 heavy (non-hydrogen) atoms. The molecule has 1 aromatic heterocycles. The standard InChI is InChI=1S/C15H23N3O5/c1-10(2)9-23-12-11(13(19)20)8-16-18(12)7-6-15(3,4)17-14(21)22-5/h6-8,10H,9H2,1-5H3,(H,17,21)(H,19,20)/b7-6+. The maximum atomic E-state index is 11.3. The molecule has 2 N–H and O–H groups in total. The van der Waals surface area contributed by atoms with E-state index in [0.717, 1.165) is 0 Å². The number of nitrogens with zero attached hydrogens (tertiary/aromatic N) is 2. The zero-order valence-corrected chi connectivity index (χ0v) is 14.0. The fourth-order valence-electron chi connectivity index (χ4n) is 1.61. The lowest BCUT2D eigenvalue weighted by molar-refractivity contribution is 0.0691. The molecule has 0 aromatic carbocycles. The summed E-state index contributed by atoms with van der Waals surface area (Å²) in [6, 6.07) is 0. The Balaban J connectivity index is 3.00. The van der Waals surface area contributed by atoms with Gasteiger partial charge in [-0.25, -0.2) is 14.3 Å². The summed E-state index contributed by atoms with van der Waals surface area (Å²) in [7, 11) is 1.28. The summed E-state index contributed by atoms with van der Waals surface area (Å²) in [5, 5.41) is 15.8. The van der Waals surface area contributed by atoms with Gasteiger partial charge in [-0.05, 0) is 25.8 Å². The molecule has 0 spiro atoms. The van der Waals surface area contributed by atoms with Crippen molar-refractivity contribution in [3.05, 3.63) is 17.8 Å². The van der Waals surface area contributed by atoms with Gasteiger partial charge in [0.15, 0.2) is 0 Å². The number of rotatable bonds is 7. The number of nitrogens with one attached hydrogen (secondary N) is 1. The predicted octanol–water partition coefficient (Wildman–Crippen LogP) is 2.22. The first-order chi connectivity index (χ1) is 10.7. The molecule has 8 heteroatoms. The summed E-state index contributed by atoms with van der Waals surface area (Å²) in [6.07, 6.45) is 3.86. The average Bonchev–Trinajstić information content (AvgIpc) is 2.85. The van der Waals surface area contributed by atoms with Crippen LogP contribution in [-0.2, 0) is 4.74 Å². The summed E-state index contributed by atoms with van der Waals surface area (Å²) < 4.78 is 11.4. The van der Waals surface area contributed by atoms with Crippen LogP contribution in [0.3, 0.4) is 0 Å². The number of aromatic carboxylic acids is 1. The first-order valence-corrected chi connectivity index (χ1v) is 7.15. The van der Waals surface area contributed by atoms with Gasteiger partial charge in [-0.2, -0.15) is 5.10 Å². The number of carboxylic acid groups (broad SMARTS) is 1. The normalized spacial score (nSPS) is 11.7. The van der Waals surface area contributed by atoms with Crippen LogP contribution in [0.4, 0.5) is 4.79 Å². The Hall–Kier alpha value is -2.51.